The van der Waals surface area contributed by atoms with E-state index in [9.17, 15) is 15.0 Å². The molecule has 2 aromatic carbocycles. The van der Waals surface area contributed by atoms with Crippen LogP contribution in [0.1, 0.15) is 65.9 Å². The lowest BCUT2D eigenvalue weighted by Gasteiger charge is -2.26. The van der Waals surface area contributed by atoms with Gasteiger partial charge in [-0.3, -0.25) is 4.79 Å². The number of Topliss-reactive ketones (excluding diaryl/α,β-unsaturated/α-hetero) is 1. The number of ketones is 1. The van der Waals surface area contributed by atoms with Gasteiger partial charge in [0.1, 0.15) is 41.2 Å². The Kier molecular flexibility index (Phi) is 5.53. The minimum absolute atomic E-state index is 0.0385. The molecule has 9 nitrogen and oxygen atoms in total. The molecule has 0 amide bonds. The smallest absolute Gasteiger partial charge is 0.174 e. The van der Waals surface area contributed by atoms with E-state index in [0.29, 0.717) is 28.8 Å². The molecule has 2 aliphatic rings. The van der Waals surface area contributed by atoms with Crippen molar-refractivity contribution in [3.63, 3.8) is 0 Å². The Morgan fingerprint density at radius 2 is 1.97 bits per heavy atom. The minimum atomic E-state index is -0.609. The molecule has 1 aliphatic heterocycles. The molecule has 1 aliphatic carbocycles. The van der Waals surface area contributed by atoms with Gasteiger partial charge in [-0.2, -0.15) is 0 Å². The number of rotatable bonds is 6. The van der Waals surface area contributed by atoms with Crippen LogP contribution >= 0.6 is 0 Å². The van der Waals surface area contributed by atoms with E-state index in [1.54, 1.807) is 18.2 Å². The second-order valence-corrected chi connectivity index (χ2v) is 8.40. The summed E-state index contributed by atoms with van der Waals surface area (Å²) < 4.78 is 18.8. The predicted octanol–water partition coefficient (Wildman–Crippen LogP) is 4.10. The average Bonchev–Trinajstić information content (AvgIpc) is 3.49. The van der Waals surface area contributed by atoms with Gasteiger partial charge < -0.3 is 24.4 Å². The van der Waals surface area contributed by atoms with Crippen molar-refractivity contribution < 1.29 is 29.2 Å². The molecule has 2 N–H and O–H groups in total. The largest absolute Gasteiger partial charge is 0.507 e. The van der Waals surface area contributed by atoms with Crippen LogP contribution in [-0.4, -0.2) is 38.1 Å². The number of hydrogen-bond acceptors (Lipinski definition) is 8. The number of ether oxygens (including phenoxy) is 3. The van der Waals surface area contributed by atoms with E-state index in [0.717, 1.165) is 12.8 Å². The van der Waals surface area contributed by atoms with Gasteiger partial charge >= 0.3 is 0 Å². The number of hydrogen-bond donors (Lipinski definition) is 2. The summed E-state index contributed by atoms with van der Waals surface area (Å²) in [4.78, 5) is 12.7. The van der Waals surface area contributed by atoms with E-state index in [1.807, 2.05) is 10.9 Å². The maximum Gasteiger partial charge on any atom is 0.174 e. The van der Waals surface area contributed by atoms with Gasteiger partial charge in [-0.05, 0) is 30.5 Å². The van der Waals surface area contributed by atoms with Crippen LogP contribution in [-0.2, 0) is 6.61 Å². The van der Waals surface area contributed by atoms with Crippen LogP contribution in [0, 0.1) is 0 Å². The van der Waals surface area contributed by atoms with Crippen molar-refractivity contribution in [1.82, 2.24) is 15.0 Å². The number of carbonyl (C=O) groups is 1. The highest BCUT2D eigenvalue weighted by atomic mass is 16.5. The maximum atomic E-state index is 12.7. The van der Waals surface area contributed by atoms with Gasteiger partial charge in [-0.25, -0.2) is 4.68 Å². The standard InChI is InChI=1S/C24H25N3O6/c1-31-21-7-6-14(8-18(21)28)22-11-20(30)24-19(29)9-17(10-23(24)33-22)32-13-15-12-27(26-25-15)16-4-2-3-5-16/h6-10,12,16,22,28-29H,2-5,11,13H2,1H3/t22-/m0/s1. The number of fused-ring (bicyclic) bond motifs is 1. The van der Waals surface area contributed by atoms with E-state index in [2.05, 4.69) is 10.3 Å². The molecule has 0 saturated heterocycles. The van der Waals surface area contributed by atoms with Crippen LogP contribution in [0.5, 0.6) is 28.7 Å². The van der Waals surface area contributed by atoms with Crippen LogP contribution in [0.25, 0.3) is 0 Å². The van der Waals surface area contributed by atoms with Crippen molar-refractivity contribution in [2.24, 2.45) is 0 Å². The zero-order valence-corrected chi connectivity index (χ0v) is 18.2. The summed E-state index contributed by atoms with van der Waals surface area (Å²) in [7, 11) is 1.46. The first-order valence-electron chi connectivity index (χ1n) is 11.0. The zero-order chi connectivity index (χ0) is 22.9. The van der Waals surface area contributed by atoms with Crippen LogP contribution in [0.3, 0.4) is 0 Å². The molecule has 1 atom stereocenters. The summed E-state index contributed by atoms with van der Waals surface area (Å²) in [5, 5.41) is 28.9. The Labute approximate surface area is 190 Å². The minimum Gasteiger partial charge on any atom is -0.507 e. The number of phenolic OH excluding ortho intramolecular Hbond substituents is 2. The van der Waals surface area contributed by atoms with Crippen molar-refractivity contribution >= 4 is 5.78 Å². The summed E-state index contributed by atoms with van der Waals surface area (Å²) in [6, 6.07) is 8.24. The Bertz CT molecular complexity index is 1180. The average molecular weight is 451 g/mol. The fraction of sp³-hybridized carbons (Fsp3) is 0.375. The third-order valence-corrected chi connectivity index (χ3v) is 6.19. The molecule has 33 heavy (non-hydrogen) atoms. The first-order valence-corrected chi connectivity index (χ1v) is 11.0. The van der Waals surface area contributed by atoms with Crippen molar-refractivity contribution in [2.75, 3.05) is 7.11 Å². The lowest BCUT2D eigenvalue weighted by Crippen LogP contribution is -2.20. The number of benzene rings is 2. The van der Waals surface area contributed by atoms with Crippen molar-refractivity contribution in [1.29, 1.82) is 0 Å². The number of aromatic nitrogens is 3. The highest BCUT2D eigenvalue weighted by molar-refractivity contribution is 6.02. The predicted molar refractivity (Wildman–Crippen MR) is 117 cm³/mol. The van der Waals surface area contributed by atoms with Crippen LogP contribution in [0.15, 0.2) is 36.5 Å². The second-order valence-electron chi connectivity index (χ2n) is 8.40. The van der Waals surface area contributed by atoms with Gasteiger partial charge in [0.05, 0.1) is 25.8 Å². The molecule has 172 valence electrons. The van der Waals surface area contributed by atoms with Gasteiger partial charge in [-0.15, -0.1) is 5.10 Å². The fourth-order valence-corrected chi connectivity index (χ4v) is 4.48. The van der Waals surface area contributed by atoms with Crippen LogP contribution in [0.4, 0.5) is 0 Å². The highest BCUT2D eigenvalue weighted by Gasteiger charge is 2.31. The molecule has 1 fully saturated rings. The third-order valence-electron chi connectivity index (χ3n) is 6.19. The van der Waals surface area contributed by atoms with E-state index >= 15 is 0 Å². The Morgan fingerprint density at radius 3 is 2.73 bits per heavy atom. The van der Waals surface area contributed by atoms with E-state index < -0.39 is 6.10 Å². The molecule has 5 rings (SSSR count). The van der Waals surface area contributed by atoms with Gasteiger partial charge in [0.15, 0.2) is 17.3 Å². The number of methoxy groups -OCH3 is 1. The lowest BCUT2D eigenvalue weighted by atomic mass is 9.95. The molecule has 0 radical (unpaired) electrons. The summed E-state index contributed by atoms with van der Waals surface area (Å²) >= 11 is 0. The Balaban J connectivity index is 1.33. The molecule has 2 heterocycles. The lowest BCUT2D eigenvalue weighted by molar-refractivity contribution is 0.0844. The number of aromatic hydroxyl groups is 2. The van der Waals surface area contributed by atoms with Crippen LogP contribution < -0.4 is 14.2 Å². The van der Waals surface area contributed by atoms with Gasteiger partial charge in [0.25, 0.3) is 0 Å². The van der Waals surface area contributed by atoms with Gasteiger partial charge in [0.2, 0.25) is 0 Å². The maximum absolute atomic E-state index is 12.7. The van der Waals surface area contributed by atoms with Gasteiger partial charge in [0, 0.05) is 12.1 Å². The number of phenols is 2. The van der Waals surface area contributed by atoms with E-state index in [-0.39, 0.29) is 41.6 Å². The summed E-state index contributed by atoms with van der Waals surface area (Å²) in [5.74, 6) is 0.434. The number of carbonyl (C=O) groups excluding carboxylic acids is 1. The molecular formula is C24H25N3O6. The van der Waals surface area contributed by atoms with Crippen molar-refractivity contribution in [2.45, 2.75) is 50.9 Å². The van der Waals surface area contributed by atoms with Gasteiger partial charge in [-0.1, -0.05) is 24.1 Å². The number of nitrogens with zero attached hydrogens (tertiary/aromatic N) is 3. The summed E-state index contributed by atoms with van der Waals surface area (Å²) in [6.45, 7) is 0.175. The highest BCUT2D eigenvalue weighted by Crippen LogP contribution is 2.43. The topological polar surface area (TPSA) is 116 Å². The second kappa shape index (κ2) is 8.65. The fourth-order valence-electron chi connectivity index (χ4n) is 4.48. The first-order chi connectivity index (χ1) is 16.0. The summed E-state index contributed by atoms with van der Waals surface area (Å²) in [6.07, 6.45) is 5.96. The van der Waals surface area contributed by atoms with E-state index in [1.165, 1.54) is 32.1 Å². The Hall–Kier alpha value is -3.75. The molecule has 0 unspecified atom stereocenters. The SMILES string of the molecule is COc1ccc([C@@H]2CC(=O)c3c(O)cc(OCc4cn(C5CCCC5)nn4)cc3O2)cc1O. The molecule has 1 aromatic heterocycles. The van der Waals surface area contributed by atoms with Crippen molar-refractivity contribution in [3.05, 3.63) is 53.3 Å². The van der Waals surface area contributed by atoms with Crippen molar-refractivity contribution in [3.8, 4) is 28.7 Å². The molecular weight excluding hydrogens is 426 g/mol. The quantitative estimate of drug-likeness (QED) is 0.576. The molecule has 3 aromatic rings. The zero-order valence-electron chi connectivity index (χ0n) is 18.2. The van der Waals surface area contributed by atoms with E-state index in [4.69, 9.17) is 14.2 Å². The first kappa shape index (κ1) is 21.1. The normalized spacial score (nSPS) is 18.1. The molecule has 0 spiro atoms. The molecule has 0 bridgehead atoms. The summed E-state index contributed by atoms with van der Waals surface area (Å²) in [5.41, 5.74) is 1.44. The molecule has 1 saturated carbocycles. The van der Waals surface area contributed by atoms with Crippen LogP contribution in [0.2, 0.25) is 0 Å². The Morgan fingerprint density at radius 1 is 1.15 bits per heavy atom. The monoisotopic (exact) mass is 451 g/mol. The third kappa shape index (κ3) is 4.18. The molecule has 9 heteroatoms.